The first-order chi connectivity index (χ1) is 11.7. The second-order valence-corrected chi connectivity index (χ2v) is 5.37. The van der Waals surface area contributed by atoms with E-state index in [0.717, 1.165) is 23.1 Å². The minimum Gasteiger partial charge on any atom is -0.497 e. The van der Waals surface area contributed by atoms with Crippen LogP contribution in [0.2, 0.25) is 0 Å². The summed E-state index contributed by atoms with van der Waals surface area (Å²) in [6.45, 7) is 0.582. The highest BCUT2D eigenvalue weighted by Gasteiger charge is 2.17. The van der Waals surface area contributed by atoms with Gasteiger partial charge in [0.2, 0.25) is 0 Å². The number of aromatic nitrogens is 1. The van der Waals surface area contributed by atoms with Crippen LogP contribution in [0.3, 0.4) is 0 Å². The van der Waals surface area contributed by atoms with E-state index in [2.05, 4.69) is 0 Å². The van der Waals surface area contributed by atoms with Gasteiger partial charge in [0.25, 0.3) is 0 Å². The van der Waals surface area contributed by atoms with Gasteiger partial charge in [-0.3, -0.25) is 4.79 Å². The highest BCUT2D eigenvalue weighted by atomic mass is 16.5. The molecule has 0 fully saturated rings. The van der Waals surface area contributed by atoms with Crippen LogP contribution in [0.15, 0.2) is 48.7 Å². The predicted molar refractivity (Wildman–Crippen MR) is 90.8 cm³/mol. The summed E-state index contributed by atoms with van der Waals surface area (Å²) in [5.74, 6) is 0.337. The number of hydrogen-bond acceptors (Lipinski definition) is 4. The van der Waals surface area contributed by atoms with Crippen LogP contribution in [0.1, 0.15) is 26.3 Å². The molecule has 0 unspecified atom stereocenters. The summed E-state index contributed by atoms with van der Waals surface area (Å²) in [6, 6.07) is 13.1. The average Bonchev–Trinajstić information content (AvgIpc) is 2.99. The Morgan fingerprint density at radius 2 is 1.88 bits per heavy atom. The molecule has 122 valence electrons. The van der Waals surface area contributed by atoms with Gasteiger partial charge in [-0.1, -0.05) is 18.2 Å². The summed E-state index contributed by atoms with van der Waals surface area (Å²) in [5.41, 5.74) is 2.74. The SMILES string of the molecule is COC(=O)c1cccc2c1c(C=O)cn2Cc1ccc(OC)cc1. The first-order valence-electron chi connectivity index (χ1n) is 7.46. The smallest absolute Gasteiger partial charge is 0.338 e. The molecule has 0 aliphatic heterocycles. The Morgan fingerprint density at radius 3 is 2.50 bits per heavy atom. The molecular weight excluding hydrogens is 306 g/mol. The third kappa shape index (κ3) is 2.76. The molecule has 24 heavy (non-hydrogen) atoms. The second-order valence-electron chi connectivity index (χ2n) is 5.37. The first-order valence-corrected chi connectivity index (χ1v) is 7.46. The van der Waals surface area contributed by atoms with E-state index in [0.29, 0.717) is 23.1 Å². The minimum absolute atomic E-state index is 0.394. The van der Waals surface area contributed by atoms with Gasteiger partial charge in [-0.2, -0.15) is 0 Å². The number of hydrogen-bond donors (Lipinski definition) is 0. The van der Waals surface area contributed by atoms with Crippen molar-refractivity contribution in [3.63, 3.8) is 0 Å². The molecule has 0 aliphatic carbocycles. The molecule has 0 amide bonds. The summed E-state index contributed by atoms with van der Waals surface area (Å²) in [7, 11) is 2.95. The van der Waals surface area contributed by atoms with E-state index in [1.165, 1.54) is 7.11 Å². The molecule has 0 spiro atoms. The van der Waals surface area contributed by atoms with Crippen molar-refractivity contribution in [3.8, 4) is 5.75 Å². The first kappa shape index (κ1) is 15.8. The van der Waals surface area contributed by atoms with E-state index in [4.69, 9.17) is 9.47 Å². The third-order valence-corrected chi connectivity index (χ3v) is 3.98. The second kappa shape index (κ2) is 6.58. The number of rotatable bonds is 5. The van der Waals surface area contributed by atoms with Gasteiger partial charge in [-0.15, -0.1) is 0 Å². The average molecular weight is 323 g/mol. The normalized spacial score (nSPS) is 10.6. The molecule has 0 N–H and O–H groups in total. The van der Waals surface area contributed by atoms with Crippen LogP contribution < -0.4 is 4.74 Å². The van der Waals surface area contributed by atoms with E-state index in [1.807, 2.05) is 34.9 Å². The van der Waals surface area contributed by atoms with Gasteiger partial charge in [0.15, 0.2) is 6.29 Å². The highest BCUT2D eigenvalue weighted by Crippen LogP contribution is 2.26. The van der Waals surface area contributed by atoms with Crippen molar-refractivity contribution in [2.24, 2.45) is 0 Å². The van der Waals surface area contributed by atoms with E-state index in [1.54, 1.807) is 25.4 Å². The zero-order valence-corrected chi connectivity index (χ0v) is 13.5. The zero-order chi connectivity index (χ0) is 17.1. The molecule has 3 aromatic rings. The largest absolute Gasteiger partial charge is 0.497 e. The Labute approximate surface area is 139 Å². The van der Waals surface area contributed by atoms with Crippen molar-refractivity contribution in [2.75, 3.05) is 14.2 Å². The maximum absolute atomic E-state index is 12.0. The van der Waals surface area contributed by atoms with Crippen LogP contribution >= 0.6 is 0 Å². The Morgan fingerprint density at radius 1 is 1.12 bits per heavy atom. The van der Waals surface area contributed by atoms with Crippen LogP contribution in [-0.4, -0.2) is 31.0 Å². The quantitative estimate of drug-likeness (QED) is 0.534. The maximum Gasteiger partial charge on any atom is 0.338 e. The number of benzene rings is 2. The highest BCUT2D eigenvalue weighted by molar-refractivity contribution is 6.10. The van der Waals surface area contributed by atoms with Crippen LogP contribution in [0.25, 0.3) is 10.9 Å². The number of aldehydes is 1. The monoisotopic (exact) mass is 323 g/mol. The van der Waals surface area contributed by atoms with E-state index in [-0.39, 0.29) is 0 Å². The molecule has 1 aromatic heterocycles. The van der Waals surface area contributed by atoms with Crippen LogP contribution in [0.5, 0.6) is 5.75 Å². The molecule has 0 saturated heterocycles. The van der Waals surface area contributed by atoms with Gasteiger partial charge in [-0.25, -0.2) is 4.79 Å². The summed E-state index contributed by atoms with van der Waals surface area (Å²) >= 11 is 0. The molecular formula is C19H17NO4. The summed E-state index contributed by atoms with van der Waals surface area (Å²) in [4.78, 5) is 23.4. The molecule has 1 heterocycles. The lowest BCUT2D eigenvalue weighted by Gasteiger charge is -2.08. The Hall–Kier alpha value is -3.08. The van der Waals surface area contributed by atoms with Crippen molar-refractivity contribution >= 4 is 23.2 Å². The molecule has 0 radical (unpaired) electrons. The van der Waals surface area contributed by atoms with Gasteiger partial charge in [0.1, 0.15) is 5.75 Å². The fraction of sp³-hybridized carbons (Fsp3) is 0.158. The molecule has 0 atom stereocenters. The maximum atomic E-state index is 12.0. The van der Waals surface area contributed by atoms with Crippen LogP contribution in [-0.2, 0) is 11.3 Å². The fourth-order valence-electron chi connectivity index (χ4n) is 2.81. The zero-order valence-electron chi connectivity index (χ0n) is 13.5. The molecule has 3 rings (SSSR count). The summed E-state index contributed by atoms with van der Waals surface area (Å²) in [6.07, 6.45) is 2.52. The number of carbonyl (C=O) groups excluding carboxylic acids is 2. The number of carbonyl (C=O) groups is 2. The standard InChI is InChI=1S/C19H17NO4/c1-23-15-8-6-13(7-9-15)10-20-11-14(12-21)18-16(19(22)24-2)4-3-5-17(18)20/h3-9,11-12H,10H2,1-2H3. The Kier molecular flexibility index (Phi) is 4.33. The number of methoxy groups -OCH3 is 2. The van der Waals surface area contributed by atoms with Gasteiger partial charge in [-0.05, 0) is 29.8 Å². The predicted octanol–water partition coefficient (Wildman–Crippen LogP) is 3.30. The van der Waals surface area contributed by atoms with Gasteiger partial charge in [0, 0.05) is 29.2 Å². The Balaban J connectivity index is 2.08. The number of nitrogens with zero attached hydrogens (tertiary/aromatic N) is 1. The van der Waals surface area contributed by atoms with E-state index in [9.17, 15) is 9.59 Å². The van der Waals surface area contributed by atoms with Gasteiger partial charge < -0.3 is 14.0 Å². The van der Waals surface area contributed by atoms with Crippen molar-refractivity contribution in [3.05, 3.63) is 65.4 Å². The lowest BCUT2D eigenvalue weighted by molar-refractivity contribution is 0.0603. The molecule has 5 heteroatoms. The van der Waals surface area contributed by atoms with Crippen molar-refractivity contribution in [2.45, 2.75) is 6.54 Å². The van der Waals surface area contributed by atoms with Gasteiger partial charge in [0.05, 0.1) is 19.8 Å². The molecule has 5 nitrogen and oxygen atoms in total. The minimum atomic E-state index is -0.453. The van der Waals surface area contributed by atoms with Crippen LogP contribution in [0, 0.1) is 0 Å². The topological polar surface area (TPSA) is 57.5 Å². The Bertz CT molecular complexity index is 894. The number of fused-ring (bicyclic) bond motifs is 1. The van der Waals surface area contributed by atoms with Crippen molar-refractivity contribution < 1.29 is 19.1 Å². The van der Waals surface area contributed by atoms with Gasteiger partial charge >= 0.3 is 5.97 Å². The lowest BCUT2D eigenvalue weighted by atomic mass is 10.1. The van der Waals surface area contributed by atoms with Crippen molar-refractivity contribution in [1.82, 2.24) is 4.57 Å². The molecule has 0 aliphatic rings. The summed E-state index contributed by atoms with van der Waals surface area (Å²) in [5, 5.41) is 0.618. The van der Waals surface area contributed by atoms with E-state index >= 15 is 0 Å². The lowest BCUT2D eigenvalue weighted by Crippen LogP contribution is -2.03. The number of esters is 1. The van der Waals surface area contributed by atoms with E-state index < -0.39 is 5.97 Å². The van der Waals surface area contributed by atoms with Crippen molar-refractivity contribution in [1.29, 1.82) is 0 Å². The fourth-order valence-corrected chi connectivity index (χ4v) is 2.81. The molecule has 0 bridgehead atoms. The third-order valence-electron chi connectivity index (χ3n) is 3.98. The molecule has 0 saturated carbocycles. The molecule has 2 aromatic carbocycles. The van der Waals surface area contributed by atoms with Crippen LogP contribution in [0.4, 0.5) is 0 Å². The number of ether oxygens (including phenoxy) is 2. The summed E-state index contributed by atoms with van der Waals surface area (Å²) < 4.78 is 11.9.